The zero-order chi connectivity index (χ0) is 29.0. The van der Waals surface area contributed by atoms with E-state index in [1.807, 2.05) is 51.1 Å². The van der Waals surface area contributed by atoms with Crippen molar-refractivity contribution in [3.63, 3.8) is 0 Å². The summed E-state index contributed by atoms with van der Waals surface area (Å²) in [6.45, 7) is 5.71. The maximum atomic E-state index is 13.9. The SMILES string of the molecule is Cc1cc(C(N)=O)cc(C)c1C[C@H](N)C(=O)N(Cc1cccc(C(=O)O)c1)[C@@H](C)c1ncc(-c2ccccc2)[nH]1. The second-order valence-corrected chi connectivity index (χ2v) is 9.96. The number of imidazole rings is 1. The van der Waals surface area contributed by atoms with Crippen LogP contribution in [0.25, 0.3) is 11.3 Å². The van der Waals surface area contributed by atoms with Crippen molar-refractivity contribution in [3.05, 3.63) is 112 Å². The molecule has 9 heteroatoms. The molecule has 1 heterocycles. The summed E-state index contributed by atoms with van der Waals surface area (Å²) in [5, 5.41) is 9.46. The highest BCUT2D eigenvalue weighted by molar-refractivity contribution is 5.93. The molecule has 0 aliphatic heterocycles. The van der Waals surface area contributed by atoms with E-state index in [0.29, 0.717) is 17.0 Å². The number of aromatic amines is 1. The molecular weight excluding hydrogens is 506 g/mol. The number of aromatic carboxylic acids is 1. The third-order valence-electron chi connectivity index (χ3n) is 7.08. The van der Waals surface area contributed by atoms with Gasteiger partial charge in [0.05, 0.1) is 29.5 Å². The molecule has 0 saturated carbocycles. The summed E-state index contributed by atoms with van der Waals surface area (Å²) in [7, 11) is 0. The summed E-state index contributed by atoms with van der Waals surface area (Å²) in [6.07, 6.45) is 1.98. The summed E-state index contributed by atoms with van der Waals surface area (Å²) < 4.78 is 0. The van der Waals surface area contributed by atoms with Gasteiger partial charge in [-0.3, -0.25) is 9.59 Å². The number of nitrogens with one attached hydrogen (secondary N) is 1. The molecule has 0 spiro atoms. The monoisotopic (exact) mass is 539 g/mol. The Hall–Kier alpha value is -4.76. The first-order valence-electron chi connectivity index (χ1n) is 12.9. The lowest BCUT2D eigenvalue weighted by Gasteiger charge is -2.31. The Labute approximate surface area is 232 Å². The molecule has 0 saturated heterocycles. The van der Waals surface area contributed by atoms with Crippen molar-refractivity contribution >= 4 is 17.8 Å². The van der Waals surface area contributed by atoms with Gasteiger partial charge in [0.15, 0.2) is 0 Å². The number of amides is 2. The van der Waals surface area contributed by atoms with Crippen LogP contribution >= 0.6 is 0 Å². The maximum Gasteiger partial charge on any atom is 0.335 e. The molecule has 0 aliphatic rings. The largest absolute Gasteiger partial charge is 0.478 e. The van der Waals surface area contributed by atoms with E-state index in [2.05, 4.69) is 9.97 Å². The molecule has 4 rings (SSSR count). The van der Waals surface area contributed by atoms with Gasteiger partial charge in [-0.2, -0.15) is 0 Å². The van der Waals surface area contributed by atoms with Crippen LogP contribution in [0.2, 0.25) is 0 Å². The highest BCUT2D eigenvalue weighted by Crippen LogP contribution is 2.26. The predicted octanol–water partition coefficient (Wildman–Crippen LogP) is 4.15. The fourth-order valence-electron chi connectivity index (χ4n) is 4.84. The van der Waals surface area contributed by atoms with Crippen LogP contribution in [-0.4, -0.2) is 43.8 Å². The van der Waals surface area contributed by atoms with Crippen molar-refractivity contribution in [3.8, 4) is 11.3 Å². The van der Waals surface area contributed by atoms with E-state index in [4.69, 9.17) is 11.5 Å². The summed E-state index contributed by atoms with van der Waals surface area (Å²) in [5.74, 6) is -1.31. The predicted molar refractivity (Wildman–Crippen MR) is 153 cm³/mol. The zero-order valence-corrected chi connectivity index (χ0v) is 22.7. The Morgan fingerprint density at radius 2 is 1.65 bits per heavy atom. The lowest BCUT2D eigenvalue weighted by Crippen LogP contribution is -2.46. The Kier molecular flexibility index (Phi) is 8.45. The molecule has 3 aromatic carbocycles. The van der Waals surface area contributed by atoms with E-state index in [-0.39, 0.29) is 24.4 Å². The van der Waals surface area contributed by atoms with E-state index >= 15 is 0 Å². The lowest BCUT2D eigenvalue weighted by atomic mass is 9.93. The molecule has 2 atom stereocenters. The number of nitrogens with zero attached hydrogens (tertiary/aromatic N) is 2. The third-order valence-corrected chi connectivity index (χ3v) is 7.08. The van der Waals surface area contributed by atoms with Gasteiger partial charge in [-0.1, -0.05) is 42.5 Å². The number of H-pyrrole nitrogens is 1. The maximum absolute atomic E-state index is 13.9. The van der Waals surface area contributed by atoms with Gasteiger partial charge in [-0.25, -0.2) is 9.78 Å². The zero-order valence-electron chi connectivity index (χ0n) is 22.7. The minimum Gasteiger partial charge on any atom is -0.478 e. The molecule has 6 N–H and O–H groups in total. The molecule has 2 amide bonds. The minimum atomic E-state index is -1.05. The number of carbonyl (C=O) groups is 3. The number of carbonyl (C=O) groups excluding carboxylic acids is 2. The van der Waals surface area contributed by atoms with Crippen molar-refractivity contribution in [2.24, 2.45) is 11.5 Å². The molecule has 1 aromatic heterocycles. The van der Waals surface area contributed by atoms with Crippen molar-refractivity contribution in [1.29, 1.82) is 0 Å². The van der Waals surface area contributed by atoms with Crippen LogP contribution in [0.1, 0.15) is 61.8 Å². The van der Waals surface area contributed by atoms with Crippen LogP contribution in [-0.2, 0) is 17.8 Å². The number of aromatic nitrogens is 2. The van der Waals surface area contributed by atoms with Crippen molar-refractivity contribution in [2.45, 2.75) is 45.8 Å². The molecule has 0 unspecified atom stereocenters. The summed E-state index contributed by atoms with van der Waals surface area (Å²) in [5.41, 5.74) is 17.5. The second kappa shape index (κ2) is 12.0. The molecule has 9 nitrogen and oxygen atoms in total. The van der Waals surface area contributed by atoms with Crippen molar-refractivity contribution in [1.82, 2.24) is 14.9 Å². The smallest absolute Gasteiger partial charge is 0.335 e. The molecule has 40 heavy (non-hydrogen) atoms. The van der Waals surface area contributed by atoms with Crippen LogP contribution in [0, 0.1) is 13.8 Å². The van der Waals surface area contributed by atoms with E-state index in [1.54, 1.807) is 41.4 Å². The Morgan fingerprint density at radius 3 is 2.27 bits per heavy atom. The standard InChI is InChI=1S/C31H33N5O4/c1-18-12-24(28(33)37)13-19(2)25(18)15-26(32)30(38)36(17-21-8-7-11-23(14-21)31(39)40)20(3)29-34-16-27(35-29)22-9-5-4-6-10-22/h4-14,16,20,26H,15,17,32H2,1-3H3,(H2,33,37)(H,34,35)(H,39,40)/t20-,26-/m0/s1. The number of hydrogen-bond donors (Lipinski definition) is 4. The van der Waals surface area contributed by atoms with Gasteiger partial charge in [-0.05, 0) is 79.3 Å². The number of aryl methyl sites for hydroxylation is 2. The number of hydrogen-bond acceptors (Lipinski definition) is 5. The molecular formula is C31H33N5O4. The normalized spacial score (nSPS) is 12.5. The topological polar surface area (TPSA) is 155 Å². The van der Waals surface area contributed by atoms with Crippen LogP contribution in [0.5, 0.6) is 0 Å². The van der Waals surface area contributed by atoms with Gasteiger partial charge < -0.3 is 26.5 Å². The van der Waals surface area contributed by atoms with E-state index in [0.717, 1.165) is 27.9 Å². The number of benzene rings is 3. The average Bonchev–Trinajstić information content (AvgIpc) is 3.44. The summed E-state index contributed by atoms with van der Waals surface area (Å²) in [4.78, 5) is 46.6. The van der Waals surface area contributed by atoms with E-state index in [9.17, 15) is 19.5 Å². The van der Waals surface area contributed by atoms with Gasteiger partial charge >= 0.3 is 5.97 Å². The number of carboxylic acid groups (broad SMARTS) is 1. The van der Waals surface area contributed by atoms with Gasteiger partial charge in [0.1, 0.15) is 5.82 Å². The molecule has 0 radical (unpaired) electrons. The van der Waals surface area contributed by atoms with Crippen LogP contribution in [0.3, 0.4) is 0 Å². The first-order chi connectivity index (χ1) is 19.0. The molecule has 206 valence electrons. The highest BCUT2D eigenvalue weighted by atomic mass is 16.4. The first kappa shape index (κ1) is 28.3. The van der Waals surface area contributed by atoms with Crippen molar-refractivity contribution in [2.75, 3.05) is 0 Å². The lowest BCUT2D eigenvalue weighted by molar-refractivity contribution is -0.135. The Morgan fingerprint density at radius 1 is 0.975 bits per heavy atom. The second-order valence-electron chi connectivity index (χ2n) is 9.96. The molecule has 0 bridgehead atoms. The third kappa shape index (κ3) is 6.27. The number of carboxylic acids is 1. The molecule has 0 aliphatic carbocycles. The van der Waals surface area contributed by atoms with Gasteiger partial charge in [0.25, 0.3) is 0 Å². The molecule has 0 fully saturated rings. The average molecular weight is 540 g/mol. The van der Waals surface area contributed by atoms with E-state index in [1.165, 1.54) is 6.07 Å². The van der Waals surface area contributed by atoms with Crippen LogP contribution in [0.4, 0.5) is 0 Å². The van der Waals surface area contributed by atoms with Gasteiger partial charge in [-0.15, -0.1) is 0 Å². The number of nitrogens with two attached hydrogens (primary N) is 2. The minimum absolute atomic E-state index is 0.131. The summed E-state index contributed by atoms with van der Waals surface area (Å²) >= 11 is 0. The number of primary amides is 1. The summed E-state index contributed by atoms with van der Waals surface area (Å²) in [6, 6.07) is 18.2. The Bertz CT molecular complexity index is 1520. The van der Waals surface area contributed by atoms with Crippen LogP contribution < -0.4 is 11.5 Å². The highest BCUT2D eigenvalue weighted by Gasteiger charge is 2.29. The van der Waals surface area contributed by atoms with E-state index < -0.39 is 24.0 Å². The van der Waals surface area contributed by atoms with Crippen molar-refractivity contribution < 1.29 is 19.5 Å². The first-order valence-corrected chi connectivity index (χ1v) is 12.9. The van der Waals surface area contributed by atoms with Gasteiger partial charge in [0.2, 0.25) is 11.8 Å². The van der Waals surface area contributed by atoms with Gasteiger partial charge in [0, 0.05) is 12.1 Å². The fraction of sp³-hybridized carbons (Fsp3) is 0.226. The quantitative estimate of drug-likeness (QED) is 0.237. The number of rotatable bonds is 10. The molecule has 4 aromatic rings. The Balaban J connectivity index is 1.65. The van der Waals surface area contributed by atoms with Crippen LogP contribution in [0.15, 0.2) is 72.9 Å². The fourth-order valence-corrected chi connectivity index (χ4v) is 4.84.